The van der Waals surface area contributed by atoms with E-state index in [9.17, 15) is 13.2 Å². The molecule has 4 aliphatic rings. The van der Waals surface area contributed by atoms with Crippen LogP contribution in [-0.4, -0.2) is 38.3 Å². The largest absolute Gasteiger partial charge is 0.312 e. The summed E-state index contributed by atoms with van der Waals surface area (Å²) in [6.07, 6.45) is 7.57. The summed E-state index contributed by atoms with van der Waals surface area (Å²) in [4.78, 5) is 15.3. The third-order valence-electron chi connectivity index (χ3n) is 6.86. The molecule has 2 atom stereocenters. The van der Waals surface area contributed by atoms with Crippen LogP contribution in [0.25, 0.3) is 0 Å². The van der Waals surface area contributed by atoms with E-state index in [1.165, 1.54) is 25.7 Å². The lowest BCUT2D eigenvalue weighted by Crippen LogP contribution is -2.31. The molecule has 2 aliphatic carbocycles. The van der Waals surface area contributed by atoms with Crippen LogP contribution in [0.3, 0.4) is 0 Å². The number of sulfonamides is 1. The van der Waals surface area contributed by atoms with Gasteiger partial charge in [0.25, 0.3) is 0 Å². The zero-order chi connectivity index (χ0) is 17.9. The van der Waals surface area contributed by atoms with Crippen molar-refractivity contribution in [2.75, 3.05) is 24.5 Å². The van der Waals surface area contributed by atoms with Gasteiger partial charge >= 0.3 is 0 Å². The molecule has 0 bridgehead atoms. The third kappa shape index (κ3) is 2.53. The molecule has 1 saturated heterocycles. The number of fused-ring (bicyclic) bond motifs is 2. The lowest BCUT2D eigenvalue weighted by atomic mass is 10.0. The number of amides is 1. The summed E-state index contributed by atoms with van der Waals surface area (Å²) in [5, 5.41) is 0. The minimum atomic E-state index is -3.39. The molecule has 6 heteroatoms. The minimum Gasteiger partial charge on any atom is -0.312 e. The molecule has 1 amide bonds. The Bertz CT molecular complexity index is 833. The van der Waals surface area contributed by atoms with E-state index in [1.54, 1.807) is 16.4 Å². The van der Waals surface area contributed by atoms with Crippen molar-refractivity contribution in [1.82, 2.24) is 4.31 Å². The van der Waals surface area contributed by atoms with E-state index in [0.717, 1.165) is 30.5 Å². The summed E-state index contributed by atoms with van der Waals surface area (Å²) in [5.41, 5.74) is 1.93. The Morgan fingerprint density at radius 1 is 0.962 bits per heavy atom. The second-order valence-electron chi connectivity index (χ2n) is 8.28. The minimum absolute atomic E-state index is 0.219. The van der Waals surface area contributed by atoms with Crippen LogP contribution in [0.4, 0.5) is 5.69 Å². The van der Waals surface area contributed by atoms with E-state index in [1.807, 2.05) is 11.0 Å². The number of carbonyl (C=O) groups excluding carboxylic acids is 1. The molecule has 2 aliphatic heterocycles. The molecule has 2 saturated carbocycles. The fourth-order valence-corrected chi connectivity index (χ4v) is 6.95. The van der Waals surface area contributed by atoms with Gasteiger partial charge in [0.15, 0.2) is 0 Å². The fourth-order valence-electron chi connectivity index (χ4n) is 5.38. The quantitative estimate of drug-likeness (QED) is 0.817. The summed E-state index contributed by atoms with van der Waals surface area (Å²) >= 11 is 0. The molecule has 5 nitrogen and oxygen atoms in total. The Morgan fingerprint density at radius 2 is 1.65 bits per heavy atom. The van der Waals surface area contributed by atoms with Gasteiger partial charge in [0.1, 0.15) is 0 Å². The van der Waals surface area contributed by atoms with E-state index < -0.39 is 10.0 Å². The number of carbonyl (C=O) groups is 1. The Balaban J connectivity index is 1.38. The van der Waals surface area contributed by atoms with Crippen LogP contribution in [0.2, 0.25) is 0 Å². The highest BCUT2D eigenvalue weighted by molar-refractivity contribution is 7.89. The van der Waals surface area contributed by atoms with Crippen LogP contribution in [-0.2, 0) is 21.2 Å². The van der Waals surface area contributed by atoms with Gasteiger partial charge < -0.3 is 4.90 Å². The Hall–Kier alpha value is -1.40. The third-order valence-corrected chi connectivity index (χ3v) is 8.75. The maximum Gasteiger partial charge on any atom is 0.243 e. The van der Waals surface area contributed by atoms with Crippen LogP contribution in [0.15, 0.2) is 23.1 Å². The summed E-state index contributed by atoms with van der Waals surface area (Å²) in [6.45, 7) is 1.93. The molecule has 140 valence electrons. The van der Waals surface area contributed by atoms with Gasteiger partial charge in [-0.2, -0.15) is 4.31 Å². The number of rotatable bonds is 3. The van der Waals surface area contributed by atoms with Crippen LogP contribution in [0.1, 0.15) is 44.1 Å². The van der Waals surface area contributed by atoms with E-state index >= 15 is 0 Å². The first-order chi connectivity index (χ1) is 12.6. The second kappa shape index (κ2) is 6.06. The molecular weight excluding hydrogens is 348 g/mol. The predicted octanol–water partition coefficient (Wildman–Crippen LogP) is 2.80. The fraction of sp³-hybridized carbons (Fsp3) is 0.650. The van der Waals surface area contributed by atoms with Gasteiger partial charge in [0.2, 0.25) is 15.9 Å². The van der Waals surface area contributed by atoms with Gasteiger partial charge in [-0.05, 0) is 67.7 Å². The lowest BCUT2D eigenvalue weighted by Gasteiger charge is -2.19. The second-order valence-corrected chi connectivity index (χ2v) is 10.2. The Labute approximate surface area is 155 Å². The molecule has 0 aromatic heterocycles. The number of hydrogen-bond donors (Lipinski definition) is 0. The normalized spacial score (nSPS) is 30.9. The van der Waals surface area contributed by atoms with Gasteiger partial charge in [0, 0.05) is 31.2 Å². The molecule has 0 N–H and O–H groups in total. The van der Waals surface area contributed by atoms with Crippen molar-refractivity contribution in [3.8, 4) is 0 Å². The van der Waals surface area contributed by atoms with Gasteiger partial charge in [-0.1, -0.05) is 12.8 Å². The zero-order valence-corrected chi connectivity index (χ0v) is 15.9. The van der Waals surface area contributed by atoms with E-state index in [-0.39, 0.29) is 11.8 Å². The highest BCUT2D eigenvalue weighted by Gasteiger charge is 2.56. The van der Waals surface area contributed by atoms with Gasteiger partial charge in [-0.15, -0.1) is 0 Å². The van der Waals surface area contributed by atoms with Crippen molar-refractivity contribution in [2.24, 2.45) is 17.8 Å². The highest BCUT2D eigenvalue weighted by Crippen LogP contribution is 2.56. The molecule has 0 spiro atoms. The van der Waals surface area contributed by atoms with Crippen molar-refractivity contribution < 1.29 is 13.2 Å². The van der Waals surface area contributed by atoms with Crippen LogP contribution in [0.5, 0.6) is 0 Å². The molecule has 1 aromatic carbocycles. The predicted molar refractivity (Wildman–Crippen MR) is 99.4 cm³/mol. The van der Waals surface area contributed by atoms with Crippen molar-refractivity contribution in [3.05, 3.63) is 23.8 Å². The number of nitrogens with zero attached hydrogens (tertiary/aromatic N) is 2. The maximum absolute atomic E-state index is 13.0. The van der Waals surface area contributed by atoms with Gasteiger partial charge in [-0.3, -0.25) is 4.79 Å². The molecule has 2 unspecified atom stereocenters. The smallest absolute Gasteiger partial charge is 0.243 e. The van der Waals surface area contributed by atoms with Gasteiger partial charge in [-0.25, -0.2) is 8.42 Å². The van der Waals surface area contributed by atoms with E-state index in [0.29, 0.717) is 36.4 Å². The zero-order valence-electron chi connectivity index (χ0n) is 15.1. The molecule has 26 heavy (non-hydrogen) atoms. The first kappa shape index (κ1) is 16.8. The average Bonchev–Trinajstić information content (AvgIpc) is 3.02. The first-order valence-electron chi connectivity index (χ1n) is 10.0. The average molecular weight is 375 g/mol. The molecule has 5 rings (SSSR count). The standard InChI is InChI=1S/C20H26N2O3S/c23-20(19-16-5-1-2-6-17(16)19)22-12-9-14-13-15(7-8-18(14)22)26(24,25)21-10-3-4-11-21/h7-8,13,16-17,19H,1-6,9-12H2. The molecular formula is C20H26N2O3S. The van der Waals surface area contributed by atoms with Crippen molar-refractivity contribution >= 4 is 21.6 Å². The van der Waals surface area contributed by atoms with E-state index in [4.69, 9.17) is 0 Å². The molecule has 2 heterocycles. The SMILES string of the molecule is O=C(C1C2CCCCC21)N1CCc2cc(S(=O)(=O)N3CCCC3)ccc21. The monoisotopic (exact) mass is 374 g/mol. The first-order valence-corrected chi connectivity index (χ1v) is 11.5. The number of benzene rings is 1. The Kier molecular flexibility index (Phi) is 3.90. The van der Waals surface area contributed by atoms with Crippen molar-refractivity contribution in [1.29, 1.82) is 0 Å². The van der Waals surface area contributed by atoms with Crippen LogP contribution >= 0.6 is 0 Å². The topological polar surface area (TPSA) is 57.7 Å². The summed E-state index contributed by atoms with van der Waals surface area (Å²) in [7, 11) is -3.39. The summed E-state index contributed by atoms with van der Waals surface area (Å²) in [6, 6.07) is 5.35. The number of anilines is 1. The molecule has 0 radical (unpaired) electrons. The summed E-state index contributed by atoms with van der Waals surface area (Å²) in [5.74, 6) is 1.71. The molecule has 1 aromatic rings. The Morgan fingerprint density at radius 3 is 2.35 bits per heavy atom. The highest BCUT2D eigenvalue weighted by atomic mass is 32.2. The lowest BCUT2D eigenvalue weighted by molar-refractivity contribution is -0.120. The van der Waals surface area contributed by atoms with Gasteiger partial charge in [0.05, 0.1) is 4.90 Å². The molecule has 3 fully saturated rings. The van der Waals surface area contributed by atoms with Crippen LogP contribution < -0.4 is 4.90 Å². The summed E-state index contributed by atoms with van der Waals surface area (Å²) < 4.78 is 27.2. The van der Waals surface area contributed by atoms with Crippen LogP contribution in [0, 0.1) is 17.8 Å². The maximum atomic E-state index is 13.0. The van der Waals surface area contributed by atoms with E-state index in [2.05, 4.69) is 0 Å². The van der Waals surface area contributed by atoms with Crippen molar-refractivity contribution in [2.45, 2.75) is 49.8 Å². The van der Waals surface area contributed by atoms with Crippen molar-refractivity contribution in [3.63, 3.8) is 0 Å². The number of hydrogen-bond acceptors (Lipinski definition) is 3.